The lowest BCUT2D eigenvalue weighted by atomic mass is 10.1. The van der Waals surface area contributed by atoms with Gasteiger partial charge in [0.2, 0.25) is 0 Å². The predicted molar refractivity (Wildman–Crippen MR) is 124 cm³/mol. The molecule has 4 aromatic rings. The number of fused-ring (bicyclic) bond motifs is 2. The molecule has 0 bridgehead atoms. The standard InChI is InChI=1S/C24H19BrN4O2/c25-17-9-6-15-12-13-29-24(27-20(15)14-17)21(23(26)30)22(28-29)16-7-10-19(11-8-16)31-18-4-2-1-3-5-18/h1-11,14,27H,12-13H2,(H2,26,30). The van der Waals surface area contributed by atoms with Crippen molar-refractivity contribution in [3.05, 3.63) is 88.4 Å². The number of hydrogen-bond acceptors (Lipinski definition) is 4. The minimum absolute atomic E-state index is 0.379. The number of ether oxygens (including phenoxy) is 1. The number of benzene rings is 3. The molecule has 1 aliphatic heterocycles. The van der Waals surface area contributed by atoms with Crippen molar-refractivity contribution < 1.29 is 9.53 Å². The molecule has 0 atom stereocenters. The molecule has 1 aliphatic rings. The second-order valence-corrected chi connectivity index (χ2v) is 8.19. The SMILES string of the molecule is NC(=O)c1c(-c2ccc(Oc3ccccc3)cc2)nn2c1Nc1cc(Br)ccc1CC2. The van der Waals surface area contributed by atoms with Gasteiger partial charge in [0.15, 0.2) is 0 Å². The van der Waals surface area contributed by atoms with Gasteiger partial charge in [0.25, 0.3) is 5.91 Å². The fourth-order valence-electron chi connectivity index (χ4n) is 3.73. The zero-order valence-corrected chi connectivity index (χ0v) is 18.1. The van der Waals surface area contributed by atoms with E-state index in [1.54, 1.807) is 0 Å². The van der Waals surface area contributed by atoms with Crippen molar-refractivity contribution in [1.82, 2.24) is 9.78 Å². The Balaban J connectivity index is 1.51. The minimum atomic E-state index is -0.521. The molecule has 0 fully saturated rings. The summed E-state index contributed by atoms with van der Waals surface area (Å²) < 4.78 is 8.64. The third-order valence-corrected chi connectivity index (χ3v) is 5.72. The number of amides is 1. The summed E-state index contributed by atoms with van der Waals surface area (Å²) in [5.74, 6) is 1.56. The maximum atomic E-state index is 12.4. The van der Waals surface area contributed by atoms with Crippen LogP contribution < -0.4 is 15.8 Å². The van der Waals surface area contributed by atoms with Crippen molar-refractivity contribution in [3.63, 3.8) is 0 Å². The van der Waals surface area contributed by atoms with Gasteiger partial charge in [0, 0.05) is 22.3 Å². The molecule has 5 rings (SSSR count). The highest BCUT2D eigenvalue weighted by Crippen LogP contribution is 2.36. The Morgan fingerprint density at radius 3 is 2.52 bits per heavy atom. The summed E-state index contributed by atoms with van der Waals surface area (Å²) in [5, 5.41) is 8.10. The molecule has 1 aromatic heterocycles. The van der Waals surface area contributed by atoms with Crippen LogP contribution in [-0.2, 0) is 13.0 Å². The molecular formula is C24H19BrN4O2. The molecule has 0 saturated heterocycles. The summed E-state index contributed by atoms with van der Waals surface area (Å²) in [6.07, 6.45) is 0.797. The molecule has 1 amide bonds. The van der Waals surface area contributed by atoms with E-state index in [2.05, 4.69) is 27.3 Å². The van der Waals surface area contributed by atoms with Crippen LogP contribution >= 0.6 is 15.9 Å². The number of carbonyl (C=O) groups excluding carboxylic acids is 1. The minimum Gasteiger partial charge on any atom is -0.457 e. The van der Waals surface area contributed by atoms with Gasteiger partial charge in [-0.3, -0.25) is 4.79 Å². The van der Waals surface area contributed by atoms with Gasteiger partial charge < -0.3 is 15.8 Å². The van der Waals surface area contributed by atoms with Gasteiger partial charge in [0.1, 0.15) is 28.6 Å². The first kappa shape index (κ1) is 19.4. The van der Waals surface area contributed by atoms with Gasteiger partial charge >= 0.3 is 0 Å². The average molecular weight is 475 g/mol. The number of nitrogens with one attached hydrogen (secondary N) is 1. The molecule has 0 spiro atoms. The van der Waals surface area contributed by atoms with Crippen LogP contribution in [0.15, 0.2) is 77.3 Å². The average Bonchev–Trinajstić information content (AvgIpc) is 3.03. The number of nitrogens with two attached hydrogens (primary N) is 1. The van der Waals surface area contributed by atoms with E-state index in [-0.39, 0.29) is 0 Å². The van der Waals surface area contributed by atoms with Crippen molar-refractivity contribution in [2.24, 2.45) is 5.73 Å². The second kappa shape index (κ2) is 7.92. The van der Waals surface area contributed by atoms with Crippen LogP contribution in [0.2, 0.25) is 0 Å². The second-order valence-electron chi connectivity index (χ2n) is 7.28. The molecule has 3 aromatic carbocycles. The molecule has 6 nitrogen and oxygen atoms in total. The van der Waals surface area contributed by atoms with Gasteiger partial charge in [-0.1, -0.05) is 40.2 Å². The summed E-state index contributed by atoms with van der Waals surface area (Å²) in [6.45, 7) is 0.645. The number of halogens is 1. The van der Waals surface area contributed by atoms with Gasteiger partial charge in [-0.2, -0.15) is 5.10 Å². The van der Waals surface area contributed by atoms with E-state index in [1.165, 1.54) is 0 Å². The molecule has 0 saturated carbocycles. The van der Waals surface area contributed by atoms with E-state index in [0.29, 0.717) is 29.4 Å². The van der Waals surface area contributed by atoms with Crippen molar-refractivity contribution in [3.8, 4) is 22.8 Å². The largest absolute Gasteiger partial charge is 0.457 e. The summed E-state index contributed by atoms with van der Waals surface area (Å²) in [5.41, 5.74) is 9.62. The van der Waals surface area contributed by atoms with Crippen LogP contribution in [-0.4, -0.2) is 15.7 Å². The molecule has 0 radical (unpaired) electrons. The number of aromatic nitrogens is 2. The first-order valence-electron chi connectivity index (χ1n) is 9.88. The van der Waals surface area contributed by atoms with Gasteiger partial charge in [-0.25, -0.2) is 4.68 Å². The van der Waals surface area contributed by atoms with Crippen molar-refractivity contribution in [1.29, 1.82) is 0 Å². The Bertz CT molecular complexity index is 1270. The van der Waals surface area contributed by atoms with Crippen LogP contribution in [0.4, 0.5) is 11.5 Å². The van der Waals surface area contributed by atoms with E-state index in [4.69, 9.17) is 15.6 Å². The van der Waals surface area contributed by atoms with E-state index in [1.807, 2.05) is 71.4 Å². The highest BCUT2D eigenvalue weighted by atomic mass is 79.9. The van der Waals surface area contributed by atoms with Crippen LogP contribution in [0.25, 0.3) is 11.3 Å². The highest BCUT2D eigenvalue weighted by molar-refractivity contribution is 9.10. The third-order valence-electron chi connectivity index (χ3n) is 5.22. The first-order valence-corrected chi connectivity index (χ1v) is 10.7. The number of anilines is 2. The molecule has 0 unspecified atom stereocenters. The predicted octanol–water partition coefficient (Wildman–Crippen LogP) is 5.50. The van der Waals surface area contributed by atoms with E-state index >= 15 is 0 Å². The zero-order valence-electron chi connectivity index (χ0n) is 16.5. The van der Waals surface area contributed by atoms with Gasteiger partial charge in [-0.15, -0.1) is 0 Å². The number of carbonyl (C=O) groups is 1. The summed E-state index contributed by atoms with van der Waals surface area (Å²) >= 11 is 3.51. The van der Waals surface area contributed by atoms with Crippen molar-refractivity contribution in [2.45, 2.75) is 13.0 Å². The number of nitrogens with zero attached hydrogens (tertiary/aromatic N) is 2. The molecular weight excluding hydrogens is 456 g/mol. The number of aryl methyl sites for hydroxylation is 2. The van der Waals surface area contributed by atoms with E-state index in [0.717, 1.165) is 33.5 Å². The first-order chi connectivity index (χ1) is 15.1. The normalized spacial score (nSPS) is 12.3. The Morgan fingerprint density at radius 2 is 1.77 bits per heavy atom. The Labute approximate surface area is 187 Å². The topological polar surface area (TPSA) is 82.2 Å². The Kier molecular flexibility index (Phi) is 4.95. The number of hydrogen-bond donors (Lipinski definition) is 2. The van der Waals surface area contributed by atoms with Crippen LogP contribution in [0.3, 0.4) is 0 Å². The fourth-order valence-corrected chi connectivity index (χ4v) is 4.09. The lowest BCUT2D eigenvalue weighted by molar-refractivity contribution is 0.100. The monoisotopic (exact) mass is 474 g/mol. The van der Waals surface area contributed by atoms with Crippen LogP contribution in [0.5, 0.6) is 11.5 Å². The smallest absolute Gasteiger partial charge is 0.254 e. The quantitative estimate of drug-likeness (QED) is 0.408. The molecule has 7 heteroatoms. The summed E-state index contributed by atoms with van der Waals surface area (Å²) in [6, 6.07) is 23.1. The third kappa shape index (κ3) is 3.80. The van der Waals surface area contributed by atoms with Crippen molar-refractivity contribution >= 4 is 33.3 Å². The summed E-state index contributed by atoms with van der Waals surface area (Å²) in [7, 11) is 0. The van der Waals surface area contributed by atoms with Crippen molar-refractivity contribution in [2.75, 3.05) is 5.32 Å². The van der Waals surface area contributed by atoms with Crippen LogP contribution in [0.1, 0.15) is 15.9 Å². The molecule has 154 valence electrons. The Morgan fingerprint density at radius 1 is 1.03 bits per heavy atom. The number of para-hydroxylation sites is 1. The molecule has 31 heavy (non-hydrogen) atoms. The van der Waals surface area contributed by atoms with E-state index in [9.17, 15) is 4.79 Å². The maximum absolute atomic E-state index is 12.4. The highest BCUT2D eigenvalue weighted by Gasteiger charge is 2.26. The number of primary amides is 1. The van der Waals surface area contributed by atoms with E-state index < -0.39 is 5.91 Å². The zero-order chi connectivity index (χ0) is 21.4. The molecule has 3 N–H and O–H groups in total. The molecule has 0 aliphatic carbocycles. The summed E-state index contributed by atoms with van der Waals surface area (Å²) in [4.78, 5) is 12.4. The maximum Gasteiger partial charge on any atom is 0.254 e. The fraction of sp³-hybridized carbons (Fsp3) is 0.0833. The van der Waals surface area contributed by atoms with Crippen LogP contribution in [0, 0.1) is 0 Å². The van der Waals surface area contributed by atoms with Gasteiger partial charge in [0.05, 0.1) is 0 Å². The Hall–Kier alpha value is -3.58. The molecule has 2 heterocycles. The lowest BCUT2D eigenvalue weighted by Crippen LogP contribution is -2.14. The van der Waals surface area contributed by atoms with Gasteiger partial charge in [-0.05, 0) is 60.5 Å². The lowest BCUT2D eigenvalue weighted by Gasteiger charge is -2.10. The number of rotatable bonds is 4.